The van der Waals surface area contributed by atoms with Crippen LogP contribution in [0.25, 0.3) is 11.1 Å². The monoisotopic (exact) mass is 396 g/mol. The molecule has 3 aromatic carbocycles. The summed E-state index contributed by atoms with van der Waals surface area (Å²) in [4.78, 5) is 0. The third-order valence-electron chi connectivity index (χ3n) is 4.22. The fraction of sp³-hybridized carbons (Fsp3) is 0.143. The van der Waals surface area contributed by atoms with Crippen LogP contribution in [0.5, 0.6) is 5.75 Å². The molecule has 0 unspecified atom stereocenters. The number of rotatable bonds is 4. The molecule has 0 amide bonds. The highest BCUT2D eigenvalue weighted by atomic mass is 19.3. The van der Waals surface area contributed by atoms with E-state index in [-0.39, 0.29) is 5.56 Å². The zero-order chi connectivity index (χ0) is 20.6. The van der Waals surface area contributed by atoms with Crippen LogP contribution in [0.3, 0.4) is 0 Å². The van der Waals surface area contributed by atoms with Gasteiger partial charge < -0.3 is 4.74 Å². The number of ether oxygens (including phenoxy) is 1. The highest BCUT2D eigenvalue weighted by Gasteiger charge is 2.41. The van der Waals surface area contributed by atoms with Gasteiger partial charge in [0.1, 0.15) is 34.6 Å². The fourth-order valence-corrected chi connectivity index (χ4v) is 2.64. The Hall–Kier alpha value is -2.96. The Morgan fingerprint density at radius 1 is 0.679 bits per heavy atom. The molecule has 0 radical (unpaired) electrons. The maximum atomic E-state index is 14.4. The maximum absolute atomic E-state index is 14.4. The van der Waals surface area contributed by atoms with Crippen molar-refractivity contribution in [1.29, 1.82) is 0 Å². The average Bonchev–Trinajstić information content (AvgIpc) is 2.59. The molecule has 0 saturated carbocycles. The number of benzene rings is 3. The molecule has 3 aromatic rings. The molecule has 146 valence electrons. The van der Waals surface area contributed by atoms with Crippen molar-refractivity contribution in [3.05, 3.63) is 88.5 Å². The first kappa shape index (κ1) is 19.8. The Balaban J connectivity index is 1.99. The van der Waals surface area contributed by atoms with Crippen molar-refractivity contribution in [2.24, 2.45) is 0 Å². The smallest absolute Gasteiger partial charge is 0.429 e. The fourth-order valence-electron chi connectivity index (χ4n) is 2.64. The third kappa shape index (κ3) is 3.83. The van der Waals surface area contributed by atoms with Gasteiger partial charge in [0.2, 0.25) is 0 Å². The van der Waals surface area contributed by atoms with E-state index >= 15 is 0 Å². The second kappa shape index (κ2) is 7.22. The molecular formula is C21H14F6O. The van der Waals surface area contributed by atoms with Crippen molar-refractivity contribution in [2.45, 2.75) is 20.0 Å². The number of halogens is 6. The first-order valence-corrected chi connectivity index (χ1v) is 8.17. The topological polar surface area (TPSA) is 9.23 Å². The molecule has 0 heterocycles. The van der Waals surface area contributed by atoms with E-state index in [1.807, 2.05) is 6.92 Å². The second-order valence-corrected chi connectivity index (χ2v) is 6.31. The molecular weight excluding hydrogens is 382 g/mol. The maximum Gasteiger partial charge on any atom is 0.432 e. The molecule has 0 aromatic heterocycles. The first-order valence-electron chi connectivity index (χ1n) is 8.17. The first-order chi connectivity index (χ1) is 13.1. The van der Waals surface area contributed by atoms with Crippen molar-refractivity contribution in [1.82, 2.24) is 0 Å². The molecule has 0 spiro atoms. The number of hydrogen-bond donors (Lipinski definition) is 0. The van der Waals surface area contributed by atoms with Crippen LogP contribution in [0.15, 0.2) is 48.5 Å². The molecule has 0 aliphatic heterocycles. The molecule has 3 rings (SSSR count). The van der Waals surface area contributed by atoms with Crippen LogP contribution >= 0.6 is 0 Å². The summed E-state index contributed by atoms with van der Waals surface area (Å²) >= 11 is 0. The van der Waals surface area contributed by atoms with E-state index in [0.717, 1.165) is 24.6 Å². The lowest BCUT2D eigenvalue weighted by atomic mass is 10.0. The molecule has 0 aliphatic rings. The van der Waals surface area contributed by atoms with Gasteiger partial charge in [-0.05, 0) is 37.1 Å². The van der Waals surface area contributed by atoms with Gasteiger partial charge in [0, 0.05) is 17.7 Å². The molecule has 0 fully saturated rings. The van der Waals surface area contributed by atoms with Crippen LogP contribution in [0.4, 0.5) is 26.3 Å². The van der Waals surface area contributed by atoms with E-state index in [9.17, 15) is 26.3 Å². The summed E-state index contributed by atoms with van der Waals surface area (Å²) in [5.41, 5.74) is -0.636. The summed E-state index contributed by atoms with van der Waals surface area (Å²) in [5, 5.41) is 0. The molecule has 0 aliphatic carbocycles. The van der Waals surface area contributed by atoms with Gasteiger partial charge in [-0.3, -0.25) is 0 Å². The van der Waals surface area contributed by atoms with Gasteiger partial charge in [-0.15, -0.1) is 0 Å². The van der Waals surface area contributed by atoms with Crippen molar-refractivity contribution in [3.8, 4) is 16.9 Å². The largest absolute Gasteiger partial charge is 0.432 e. The van der Waals surface area contributed by atoms with E-state index in [1.54, 1.807) is 24.3 Å². The van der Waals surface area contributed by atoms with Gasteiger partial charge >= 0.3 is 6.11 Å². The Kier molecular flexibility index (Phi) is 5.10. The van der Waals surface area contributed by atoms with Crippen molar-refractivity contribution in [2.75, 3.05) is 0 Å². The van der Waals surface area contributed by atoms with E-state index in [4.69, 9.17) is 0 Å². The van der Waals surface area contributed by atoms with E-state index in [2.05, 4.69) is 4.74 Å². The third-order valence-corrected chi connectivity index (χ3v) is 4.22. The van der Waals surface area contributed by atoms with Crippen molar-refractivity contribution in [3.63, 3.8) is 0 Å². The highest BCUT2D eigenvalue weighted by molar-refractivity contribution is 5.64. The van der Waals surface area contributed by atoms with Gasteiger partial charge in [0.05, 0.1) is 0 Å². The van der Waals surface area contributed by atoms with Crippen LogP contribution in [0.1, 0.15) is 16.7 Å². The van der Waals surface area contributed by atoms with Gasteiger partial charge in [0.15, 0.2) is 0 Å². The minimum Gasteiger partial charge on any atom is -0.429 e. The quantitative estimate of drug-likeness (QED) is 0.449. The summed E-state index contributed by atoms with van der Waals surface area (Å²) in [6.45, 7) is 2.93. The van der Waals surface area contributed by atoms with Crippen LogP contribution in [-0.2, 0) is 6.11 Å². The number of hydrogen-bond acceptors (Lipinski definition) is 1. The standard InChI is InChI=1S/C21H14F6O/c1-11-3-5-13(6-4-11)14-7-18(24)20(19(25)8-14)21(26,27)28-15-9-16(22)12(2)17(23)10-15/h3-10H,1-2H3. The van der Waals surface area contributed by atoms with Crippen molar-refractivity contribution >= 4 is 0 Å². The summed E-state index contributed by atoms with van der Waals surface area (Å²) in [7, 11) is 0. The Bertz CT molecular complexity index is 982. The molecule has 0 atom stereocenters. The lowest BCUT2D eigenvalue weighted by molar-refractivity contribution is -0.189. The zero-order valence-corrected chi connectivity index (χ0v) is 14.8. The van der Waals surface area contributed by atoms with E-state index in [1.165, 1.54) is 0 Å². The molecule has 0 N–H and O–H groups in total. The Labute approximate surface area is 157 Å². The minimum absolute atomic E-state index is 0.0574. The predicted molar refractivity (Wildman–Crippen MR) is 92.1 cm³/mol. The van der Waals surface area contributed by atoms with E-state index < -0.39 is 46.3 Å². The normalized spacial score (nSPS) is 11.6. The van der Waals surface area contributed by atoms with Gasteiger partial charge in [-0.25, -0.2) is 17.6 Å². The van der Waals surface area contributed by atoms with Crippen LogP contribution in [0, 0.1) is 37.1 Å². The van der Waals surface area contributed by atoms with Gasteiger partial charge in [-0.1, -0.05) is 29.8 Å². The predicted octanol–water partition coefficient (Wildman–Crippen LogP) is 6.66. The molecule has 7 heteroatoms. The van der Waals surface area contributed by atoms with Crippen LogP contribution in [0.2, 0.25) is 0 Å². The SMILES string of the molecule is Cc1ccc(-c2cc(F)c(C(F)(F)Oc3cc(F)c(C)c(F)c3)c(F)c2)cc1. The van der Waals surface area contributed by atoms with Gasteiger partial charge in [0.25, 0.3) is 0 Å². The minimum atomic E-state index is -4.49. The molecule has 0 bridgehead atoms. The van der Waals surface area contributed by atoms with Crippen LogP contribution in [-0.4, -0.2) is 0 Å². The number of aryl methyl sites for hydroxylation is 1. The molecule has 0 saturated heterocycles. The lowest BCUT2D eigenvalue weighted by Crippen LogP contribution is -2.25. The van der Waals surface area contributed by atoms with Crippen molar-refractivity contribution < 1.29 is 31.1 Å². The average molecular weight is 396 g/mol. The summed E-state index contributed by atoms with van der Waals surface area (Å²) in [6.07, 6.45) is -4.49. The summed E-state index contributed by atoms with van der Waals surface area (Å²) < 4.78 is 88.7. The number of alkyl halides is 2. The molecule has 1 nitrogen and oxygen atoms in total. The van der Waals surface area contributed by atoms with Gasteiger partial charge in [-0.2, -0.15) is 8.78 Å². The second-order valence-electron chi connectivity index (χ2n) is 6.31. The van der Waals surface area contributed by atoms with Crippen LogP contribution < -0.4 is 4.74 Å². The highest BCUT2D eigenvalue weighted by Crippen LogP contribution is 2.37. The zero-order valence-electron chi connectivity index (χ0n) is 14.8. The molecule has 28 heavy (non-hydrogen) atoms. The van der Waals surface area contributed by atoms with E-state index in [0.29, 0.717) is 17.7 Å². The lowest BCUT2D eigenvalue weighted by Gasteiger charge is -2.20. The Morgan fingerprint density at radius 2 is 1.18 bits per heavy atom. The Morgan fingerprint density at radius 3 is 1.68 bits per heavy atom. The summed E-state index contributed by atoms with van der Waals surface area (Å²) in [5.74, 6) is -6.24. The summed E-state index contributed by atoms with van der Waals surface area (Å²) in [6, 6.07) is 9.12.